The van der Waals surface area contributed by atoms with Gasteiger partial charge in [0, 0.05) is 12.5 Å². The van der Waals surface area contributed by atoms with Gasteiger partial charge < -0.3 is 0 Å². The lowest BCUT2D eigenvalue weighted by Crippen LogP contribution is -2.45. The van der Waals surface area contributed by atoms with Crippen molar-refractivity contribution in [3.8, 4) is 0 Å². The van der Waals surface area contributed by atoms with E-state index in [0.717, 1.165) is 5.56 Å². The molecule has 96 valence electrons. The second kappa shape index (κ2) is 3.92. The molecule has 1 aromatic rings. The third-order valence-corrected chi connectivity index (χ3v) is 5.32. The van der Waals surface area contributed by atoms with Crippen molar-refractivity contribution in [2.45, 2.75) is 32.0 Å². The maximum absolute atomic E-state index is 12.6. The molecule has 0 N–H and O–H groups in total. The topological polar surface area (TPSA) is 37.4 Å². The number of nitrogens with zero attached hydrogens (tertiary/aromatic N) is 1. The van der Waals surface area contributed by atoms with E-state index in [4.69, 9.17) is 0 Å². The summed E-state index contributed by atoms with van der Waals surface area (Å²) < 4.78 is -0.845. The fourth-order valence-corrected chi connectivity index (χ4v) is 2.89. The highest BCUT2D eigenvalue weighted by Crippen LogP contribution is 2.55. The van der Waals surface area contributed by atoms with Gasteiger partial charge in [0.1, 0.15) is 4.32 Å². The molecule has 0 aromatic heterocycles. The quantitative estimate of drug-likeness (QED) is 0.690. The number of hydrogen-bond donors (Lipinski definition) is 0. The summed E-state index contributed by atoms with van der Waals surface area (Å²) in [6.07, 6.45) is 0. The largest absolute Gasteiger partial charge is 0.274 e. The molecule has 2 rings (SSSR count). The van der Waals surface area contributed by atoms with Gasteiger partial charge >= 0.3 is 0 Å². The van der Waals surface area contributed by atoms with Crippen LogP contribution in [0, 0.1) is 5.41 Å². The summed E-state index contributed by atoms with van der Waals surface area (Å²) in [5.74, 6) is -0.457. The predicted molar refractivity (Wildman–Crippen MR) is 74.7 cm³/mol. The number of halogens is 1. The number of rotatable bonds is 0. The van der Waals surface area contributed by atoms with Crippen molar-refractivity contribution in [1.29, 1.82) is 0 Å². The van der Waals surface area contributed by atoms with Gasteiger partial charge in [0.2, 0.25) is 5.91 Å². The molecule has 1 aliphatic heterocycles. The molecular formula is C14H16BrNO2. The Balaban J connectivity index is 2.74. The van der Waals surface area contributed by atoms with Crippen LogP contribution in [0.25, 0.3) is 0 Å². The average Bonchev–Trinajstić information content (AvgIpc) is 2.49. The summed E-state index contributed by atoms with van der Waals surface area (Å²) in [7, 11) is 0. The van der Waals surface area contributed by atoms with Crippen LogP contribution in [0.5, 0.6) is 0 Å². The van der Waals surface area contributed by atoms with E-state index in [2.05, 4.69) is 15.9 Å². The molecule has 0 spiro atoms. The van der Waals surface area contributed by atoms with Gasteiger partial charge in [0.25, 0.3) is 5.91 Å². The highest BCUT2D eigenvalue weighted by molar-refractivity contribution is 9.10. The molecule has 1 aliphatic rings. The monoisotopic (exact) mass is 309 g/mol. The SMILES string of the molecule is CC(=O)N1C(=O)C(Br)(C(C)(C)C)c2ccccc21. The molecule has 0 saturated carbocycles. The first kappa shape index (κ1) is 13.3. The van der Waals surface area contributed by atoms with Gasteiger partial charge in [-0.05, 0) is 11.5 Å². The van der Waals surface area contributed by atoms with Crippen molar-refractivity contribution >= 4 is 33.4 Å². The van der Waals surface area contributed by atoms with Crippen LogP contribution in [0.1, 0.15) is 33.3 Å². The van der Waals surface area contributed by atoms with Gasteiger partial charge in [-0.3, -0.25) is 9.59 Å². The molecule has 0 aliphatic carbocycles. The maximum Gasteiger partial charge on any atom is 0.255 e. The first-order valence-corrected chi connectivity index (χ1v) is 6.64. The highest BCUT2D eigenvalue weighted by Gasteiger charge is 2.57. The first-order chi connectivity index (χ1) is 8.21. The van der Waals surface area contributed by atoms with Crippen molar-refractivity contribution in [3.05, 3.63) is 29.8 Å². The number of benzene rings is 1. The number of alkyl halides is 1. The van der Waals surface area contributed by atoms with Crippen LogP contribution in [0.4, 0.5) is 5.69 Å². The molecule has 0 bridgehead atoms. The number of carbonyl (C=O) groups is 2. The van der Waals surface area contributed by atoms with Gasteiger partial charge in [-0.25, -0.2) is 4.90 Å². The normalized spacial score (nSPS) is 23.2. The molecule has 4 heteroatoms. The van der Waals surface area contributed by atoms with Gasteiger partial charge in [-0.1, -0.05) is 54.9 Å². The Morgan fingerprint density at radius 2 is 1.83 bits per heavy atom. The first-order valence-electron chi connectivity index (χ1n) is 5.85. The van der Waals surface area contributed by atoms with Crippen LogP contribution >= 0.6 is 15.9 Å². The van der Waals surface area contributed by atoms with Crippen LogP contribution in [0.15, 0.2) is 24.3 Å². The second-order valence-corrected chi connectivity index (χ2v) is 6.77. The van der Waals surface area contributed by atoms with E-state index in [0.29, 0.717) is 5.69 Å². The summed E-state index contributed by atoms with van der Waals surface area (Å²) in [5, 5.41) is 0. The summed E-state index contributed by atoms with van der Waals surface area (Å²) >= 11 is 3.60. The average molecular weight is 310 g/mol. The molecule has 1 unspecified atom stereocenters. The van der Waals surface area contributed by atoms with E-state index in [1.54, 1.807) is 0 Å². The minimum absolute atomic E-state index is 0.205. The van der Waals surface area contributed by atoms with E-state index < -0.39 is 4.32 Å². The summed E-state index contributed by atoms with van der Waals surface area (Å²) in [6, 6.07) is 7.43. The fourth-order valence-electron chi connectivity index (χ4n) is 2.38. The van der Waals surface area contributed by atoms with E-state index in [-0.39, 0.29) is 17.2 Å². The van der Waals surface area contributed by atoms with E-state index in [9.17, 15) is 9.59 Å². The number of carbonyl (C=O) groups excluding carboxylic acids is 2. The Hall–Kier alpha value is -1.16. The Kier molecular flexibility index (Phi) is 2.89. The number of para-hydroxylation sites is 1. The van der Waals surface area contributed by atoms with Crippen LogP contribution < -0.4 is 4.90 Å². The standard InChI is InChI=1S/C14H16BrNO2/c1-9(17)16-11-8-6-5-7-10(11)14(15,12(16)18)13(2,3)4/h5-8H,1-4H3. The van der Waals surface area contributed by atoms with E-state index >= 15 is 0 Å². The molecule has 1 aromatic carbocycles. The summed E-state index contributed by atoms with van der Waals surface area (Å²) in [6.45, 7) is 7.37. The summed E-state index contributed by atoms with van der Waals surface area (Å²) in [4.78, 5) is 25.6. The predicted octanol–water partition coefficient (Wildman–Crippen LogP) is 3.22. The van der Waals surface area contributed by atoms with Crippen molar-refractivity contribution in [2.24, 2.45) is 5.41 Å². The Morgan fingerprint density at radius 1 is 1.28 bits per heavy atom. The number of imide groups is 1. The Morgan fingerprint density at radius 3 is 2.33 bits per heavy atom. The molecule has 18 heavy (non-hydrogen) atoms. The lowest BCUT2D eigenvalue weighted by atomic mass is 9.77. The number of hydrogen-bond acceptors (Lipinski definition) is 2. The van der Waals surface area contributed by atoms with Crippen LogP contribution in [0.2, 0.25) is 0 Å². The lowest BCUT2D eigenvalue weighted by Gasteiger charge is -2.35. The van der Waals surface area contributed by atoms with Crippen molar-refractivity contribution in [3.63, 3.8) is 0 Å². The molecule has 3 nitrogen and oxygen atoms in total. The molecule has 1 heterocycles. The van der Waals surface area contributed by atoms with Gasteiger partial charge in [0.15, 0.2) is 0 Å². The third-order valence-electron chi connectivity index (χ3n) is 3.36. The van der Waals surface area contributed by atoms with Crippen LogP contribution in [-0.2, 0) is 13.9 Å². The smallest absolute Gasteiger partial charge is 0.255 e. The zero-order valence-corrected chi connectivity index (χ0v) is 12.5. The van der Waals surface area contributed by atoms with Crippen molar-refractivity contribution < 1.29 is 9.59 Å². The Labute approximate surface area is 115 Å². The summed E-state index contributed by atoms with van der Waals surface area (Å²) in [5.41, 5.74) is 1.21. The Bertz CT molecular complexity index is 533. The molecular weight excluding hydrogens is 294 g/mol. The molecule has 0 saturated heterocycles. The zero-order chi connectivity index (χ0) is 13.7. The van der Waals surface area contributed by atoms with Crippen LogP contribution in [-0.4, -0.2) is 11.8 Å². The third kappa shape index (κ3) is 1.55. The maximum atomic E-state index is 12.6. The fraction of sp³-hybridized carbons (Fsp3) is 0.429. The minimum Gasteiger partial charge on any atom is -0.274 e. The number of amides is 2. The zero-order valence-electron chi connectivity index (χ0n) is 11.0. The van der Waals surface area contributed by atoms with Crippen molar-refractivity contribution in [1.82, 2.24) is 0 Å². The molecule has 0 fully saturated rings. The highest BCUT2D eigenvalue weighted by atomic mass is 79.9. The lowest BCUT2D eigenvalue weighted by molar-refractivity contribution is -0.127. The van der Waals surface area contributed by atoms with Crippen molar-refractivity contribution in [2.75, 3.05) is 4.90 Å². The molecule has 1 atom stereocenters. The number of anilines is 1. The van der Waals surface area contributed by atoms with Gasteiger partial charge in [-0.2, -0.15) is 0 Å². The van der Waals surface area contributed by atoms with E-state index in [1.807, 2.05) is 45.0 Å². The number of fused-ring (bicyclic) bond motifs is 1. The van der Waals surface area contributed by atoms with Crippen LogP contribution in [0.3, 0.4) is 0 Å². The molecule has 2 amide bonds. The second-order valence-electron chi connectivity index (χ2n) is 5.59. The minimum atomic E-state index is -0.845. The van der Waals surface area contributed by atoms with E-state index in [1.165, 1.54) is 11.8 Å². The molecule has 0 radical (unpaired) electrons. The van der Waals surface area contributed by atoms with Gasteiger partial charge in [0.05, 0.1) is 5.69 Å². The van der Waals surface area contributed by atoms with Gasteiger partial charge in [-0.15, -0.1) is 0 Å².